The van der Waals surface area contributed by atoms with E-state index in [1.54, 1.807) is 6.07 Å². The molecule has 1 aliphatic rings. The van der Waals surface area contributed by atoms with Gasteiger partial charge in [0.1, 0.15) is 0 Å². The Morgan fingerprint density at radius 3 is 2.52 bits per heavy atom. The van der Waals surface area contributed by atoms with Gasteiger partial charge in [-0.25, -0.2) is 21.9 Å². The zero-order chi connectivity index (χ0) is 22.5. The lowest BCUT2D eigenvalue weighted by Gasteiger charge is -2.38. The molecule has 3 rings (SSSR count). The molecule has 0 aromatic heterocycles. The van der Waals surface area contributed by atoms with E-state index >= 15 is 0 Å². The molecule has 6 nitrogen and oxygen atoms in total. The first-order chi connectivity index (χ1) is 14.7. The van der Waals surface area contributed by atoms with Gasteiger partial charge in [-0.05, 0) is 48.7 Å². The van der Waals surface area contributed by atoms with Gasteiger partial charge >= 0.3 is 0 Å². The molecule has 10 heteroatoms. The monoisotopic (exact) mass is 472 g/mol. The smallest absolute Gasteiger partial charge is 0.240 e. The van der Waals surface area contributed by atoms with Crippen molar-refractivity contribution in [1.82, 2.24) is 10.0 Å². The van der Waals surface area contributed by atoms with Crippen LogP contribution in [0.3, 0.4) is 0 Å². The highest BCUT2D eigenvalue weighted by molar-refractivity contribution is 7.89. The number of amides is 1. The molecule has 1 heterocycles. The van der Waals surface area contributed by atoms with Crippen LogP contribution in [0.5, 0.6) is 0 Å². The standard InChI is InChI=1S/C21H23ClF2N2O4S/c22-16-3-1-2-15(12-16)21(7-10-30-11-8-21)14-25-20(27)6-9-26-31(28,29)17-4-5-18(23)19(24)13-17/h1-5,12-13,26H,6-11,14H2,(H,25,27). The summed E-state index contributed by atoms with van der Waals surface area (Å²) in [5.74, 6) is -2.73. The van der Waals surface area contributed by atoms with E-state index in [4.69, 9.17) is 16.3 Å². The first kappa shape index (κ1) is 23.6. The highest BCUT2D eigenvalue weighted by Gasteiger charge is 2.35. The molecule has 0 saturated carbocycles. The minimum atomic E-state index is -4.06. The number of benzene rings is 2. The van der Waals surface area contributed by atoms with Gasteiger partial charge in [-0.1, -0.05) is 23.7 Å². The highest BCUT2D eigenvalue weighted by Crippen LogP contribution is 2.35. The van der Waals surface area contributed by atoms with Crippen molar-refractivity contribution < 1.29 is 26.7 Å². The van der Waals surface area contributed by atoms with Crippen molar-refractivity contribution in [3.63, 3.8) is 0 Å². The quantitative estimate of drug-likeness (QED) is 0.618. The van der Waals surface area contributed by atoms with Gasteiger partial charge in [-0.2, -0.15) is 0 Å². The molecule has 0 radical (unpaired) electrons. The van der Waals surface area contributed by atoms with E-state index in [0.717, 1.165) is 30.5 Å². The molecule has 1 aliphatic heterocycles. The number of halogens is 3. The maximum absolute atomic E-state index is 13.3. The van der Waals surface area contributed by atoms with Gasteiger partial charge in [0.2, 0.25) is 15.9 Å². The second kappa shape index (κ2) is 10.0. The molecule has 1 saturated heterocycles. The van der Waals surface area contributed by atoms with Crippen molar-refractivity contribution in [2.75, 3.05) is 26.3 Å². The van der Waals surface area contributed by atoms with Crippen LogP contribution in [-0.4, -0.2) is 40.6 Å². The molecule has 168 valence electrons. The summed E-state index contributed by atoms with van der Waals surface area (Å²) in [5, 5.41) is 3.48. The zero-order valence-corrected chi connectivity index (χ0v) is 18.2. The number of ether oxygens (including phenoxy) is 1. The first-order valence-corrected chi connectivity index (χ1v) is 11.6. The number of carbonyl (C=O) groups is 1. The minimum absolute atomic E-state index is 0.106. The van der Waals surface area contributed by atoms with Crippen molar-refractivity contribution in [1.29, 1.82) is 0 Å². The minimum Gasteiger partial charge on any atom is -0.381 e. The third-order valence-corrected chi connectivity index (χ3v) is 7.05. The predicted octanol–water partition coefficient (Wildman–Crippen LogP) is 3.15. The van der Waals surface area contributed by atoms with E-state index in [2.05, 4.69) is 10.0 Å². The molecular weight excluding hydrogens is 450 g/mol. The van der Waals surface area contributed by atoms with Crippen LogP contribution in [0.15, 0.2) is 47.4 Å². The molecule has 0 spiro atoms. The van der Waals surface area contributed by atoms with E-state index in [1.165, 1.54) is 0 Å². The van der Waals surface area contributed by atoms with Gasteiger partial charge in [0.25, 0.3) is 0 Å². The zero-order valence-electron chi connectivity index (χ0n) is 16.7. The van der Waals surface area contributed by atoms with Gasteiger partial charge in [0.05, 0.1) is 4.90 Å². The normalized spacial score (nSPS) is 16.1. The molecule has 2 aromatic rings. The lowest BCUT2D eigenvalue weighted by Crippen LogP contribution is -2.45. The van der Waals surface area contributed by atoms with Crippen LogP contribution in [0.2, 0.25) is 5.02 Å². The number of rotatable bonds is 8. The summed E-state index contributed by atoms with van der Waals surface area (Å²) in [6, 6.07) is 9.80. The molecule has 0 unspecified atom stereocenters. The van der Waals surface area contributed by atoms with Crippen molar-refractivity contribution in [2.24, 2.45) is 0 Å². The van der Waals surface area contributed by atoms with Crippen LogP contribution >= 0.6 is 11.6 Å². The molecule has 1 amide bonds. The topological polar surface area (TPSA) is 84.5 Å². The summed E-state index contributed by atoms with van der Waals surface area (Å²) in [6.07, 6.45) is 1.33. The molecule has 0 atom stereocenters. The van der Waals surface area contributed by atoms with E-state index in [-0.39, 0.29) is 24.3 Å². The van der Waals surface area contributed by atoms with Crippen LogP contribution < -0.4 is 10.0 Å². The molecule has 31 heavy (non-hydrogen) atoms. The molecular formula is C21H23ClF2N2O4S. The molecule has 2 aromatic carbocycles. The van der Waals surface area contributed by atoms with Crippen LogP contribution in [0.25, 0.3) is 0 Å². The van der Waals surface area contributed by atoms with Crippen LogP contribution in [0.4, 0.5) is 8.78 Å². The van der Waals surface area contributed by atoms with Crippen molar-refractivity contribution in [2.45, 2.75) is 29.6 Å². The Bertz CT molecular complexity index is 1040. The van der Waals surface area contributed by atoms with E-state index in [1.807, 2.05) is 18.2 Å². The fourth-order valence-corrected chi connectivity index (χ4v) is 4.76. The average Bonchev–Trinajstić information content (AvgIpc) is 2.74. The SMILES string of the molecule is O=C(CCNS(=O)(=O)c1ccc(F)c(F)c1)NCC1(c2cccc(Cl)c2)CCOCC1. The number of hydrogen-bond donors (Lipinski definition) is 2. The lowest BCUT2D eigenvalue weighted by molar-refractivity contribution is -0.121. The third kappa shape index (κ3) is 6.00. The van der Waals surface area contributed by atoms with Gasteiger partial charge in [0.15, 0.2) is 11.6 Å². The largest absolute Gasteiger partial charge is 0.381 e. The fourth-order valence-electron chi connectivity index (χ4n) is 3.53. The second-order valence-corrected chi connectivity index (χ2v) is 9.61. The number of sulfonamides is 1. The molecule has 0 bridgehead atoms. The summed E-state index contributed by atoms with van der Waals surface area (Å²) in [7, 11) is -4.06. The van der Waals surface area contributed by atoms with Crippen molar-refractivity contribution in [3.05, 3.63) is 64.7 Å². The second-order valence-electron chi connectivity index (χ2n) is 7.40. The van der Waals surface area contributed by atoms with Gasteiger partial charge in [-0.3, -0.25) is 4.79 Å². The van der Waals surface area contributed by atoms with E-state index in [0.29, 0.717) is 30.8 Å². The summed E-state index contributed by atoms with van der Waals surface area (Å²) in [6.45, 7) is 1.32. The van der Waals surface area contributed by atoms with Crippen LogP contribution in [0, 0.1) is 11.6 Å². The Hall–Kier alpha value is -2.07. The number of nitrogens with one attached hydrogen (secondary N) is 2. The first-order valence-electron chi connectivity index (χ1n) is 9.77. The van der Waals surface area contributed by atoms with Crippen molar-refractivity contribution in [3.8, 4) is 0 Å². The highest BCUT2D eigenvalue weighted by atomic mass is 35.5. The van der Waals surface area contributed by atoms with Gasteiger partial charge in [0, 0.05) is 43.2 Å². The van der Waals surface area contributed by atoms with Gasteiger partial charge < -0.3 is 10.1 Å². The van der Waals surface area contributed by atoms with E-state index < -0.39 is 26.6 Å². The summed E-state index contributed by atoms with van der Waals surface area (Å²) in [5.41, 5.74) is 0.701. The fraction of sp³-hybridized carbons (Fsp3) is 0.381. The molecule has 0 aliphatic carbocycles. The summed E-state index contributed by atoms with van der Waals surface area (Å²) >= 11 is 6.14. The predicted molar refractivity (Wildman–Crippen MR) is 112 cm³/mol. The Morgan fingerprint density at radius 1 is 1.10 bits per heavy atom. The van der Waals surface area contributed by atoms with Gasteiger partial charge in [-0.15, -0.1) is 0 Å². The Kier molecular flexibility index (Phi) is 7.64. The maximum Gasteiger partial charge on any atom is 0.240 e. The van der Waals surface area contributed by atoms with Crippen molar-refractivity contribution >= 4 is 27.5 Å². The number of carbonyl (C=O) groups excluding carboxylic acids is 1. The average molecular weight is 473 g/mol. The van der Waals surface area contributed by atoms with Crippen LogP contribution in [0.1, 0.15) is 24.8 Å². The Balaban J connectivity index is 1.56. The number of hydrogen-bond acceptors (Lipinski definition) is 4. The Labute approximate surface area is 185 Å². The van der Waals surface area contributed by atoms with E-state index in [9.17, 15) is 22.0 Å². The maximum atomic E-state index is 13.3. The molecule has 2 N–H and O–H groups in total. The molecule has 1 fully saturated rings. The van der Waals surface area contributed by atoms with Crippen LogP contribution in [-0.2, 0) is 25.0 Å². The lowest BCUT2D eigenvalue weighted by atomic mass is 9.74. The summed E-state index contributed by atoms with van der Waals surface area (Å²) in [4.78, 5) is 11.9. The third-order valence-electron chi connectivity index (χ3n) is 5.36. The Morgan fingerprint density at radius 2 is 1.84 bits per heavy atom. The summed E-state index contributed by atoms with van der Waals surface area (Å²) < 4.78 is 58.4.